The van der Waals surface area contributed by atoms with Crippen LogP contribution in [-0.4, -0.2) is 26.2 Å². The van der Waals surface area contributed by atoms with Gasteiger partial charge in [0, 0.05) is 71.7 Å². The van der Waals surface area contributed by atoms with Gasteiger partial charge in [0.15, 0.2) is 0 Å². The van der Waals surface area contributed by atoms with Gasteiger partial charge in [0.1, 0.15) is 0 Å². The van der Waals surface area contributed by atoms with E-state index in [2.05, 4.69) is 458 Å². The van der Waals surface area contributed by atoms with Crippen LogP contribution < -0.4 is 39.2 Å². The van der Waals surface area contributed by atoms with E-state index in [0.717, 1.165) is 26.2 Å². The van der Waals surface area contributed by atoms with Gasteiger partial charge in [-0.15, -0.1) is 13.3 Å². The number of hydrogen-bond acceptors (Lipinski definition) is 8. The van der Waals surface area contributed by atoms with Gasteiger partial charge in [-0.25, -0.2) is 0 Å². The maximum atomic E-state index is 2.51. The van der Waals surface area contributed by atoms with Gasteiger partial charge in [-0.05, 0) is 209 Å². The zero-order valence-corrected chi connectivity index (χ0v) is 81.9. The van der Waals surface area contributed by atoms with Gasteiger partial charge in [-0.2, -0.15) is 13.3 Å². The minimum absolute atomic E-state index is 0. The summed E-state index contributed by atoms with van der Waals surface area (Å²) in [6, 6.07) is 54.4. The number of para-hydroxylation sites is 8. The normalized spacial score (nSPS) is 14.4. The fourth-order valence-corrected chi connectivity index (χ4v) is 17.5. The van der Waals surface area contributed by atoms with Gasteiger partial charge >= 0.3 is 40.8 Å². The third kappa shape index (κ3) is 22.6. The predicted molar refractivity (Wildman–Crippen MR) is 512 cm³/mol. The smallest absolute Gasteiger partial charge is 0.502 e. The number of rotatable bonds is 24. The maximum absolute atomic E-state index is 2.51. The number of benzene rings is 8. The van der Waals surface area contributed by atoms with Crippen molar-refractivity contribution in [2.75, 3.05) is 65.4 Å². The molecule has 4 aliphatic heterocycles. The number of nitrogens with zero attached hydrogens (tertiary/aromatic N) is 8. The minimum atomic E-state index is 0. The molecule has 0 bridgehead atoms. The Hall–Kier alpha value is -7.04. The Labute approximate surface area is 748 Å². The van der Waals surface area contributed by atoms with Crippen LogP contribution in [0.4, 0.5) is 45.5 Å². The Bertz CT molecular complexity index is 3800. The average molecular weight is 1780 g/mol. The van der Waals surface area contributed by atoms with Gasteiger partial charge in [-0.1, -0.05) is 367 Å². The van der Waals surface area contributed by atoms with Crippen LogP contribution in [0.2, 0.25) is 0 Å². The molecule has 0 N–H and O–H groups in total. The van der Waals surface area contributed by atoms with Crippen molar-refractivity contribution in [3.8, 4) is 0 Å². The van der Waals surface area contributed by atoms with Gasteiger partial charge in [0.25, 0.3) is 0 Å². The van der Waals surface area contributed by atoms with E-state index >= 15 is 0 Å². The molecule has 0 aromatic heterocycles. The van der Waals surface area contributed by atoms with Crippen molar-refractivity contribution < 1.29 is 40.8 Å². The molecule has 118 heavy (non-hydrogen) atoms. The fraction of sp³-hybridized carbons (Fsp3) is 0.481. The van der Waals surface area contributed by atoms with Crippen molar-refractivity contribution in [3.05, 3.63) is 286 Å². The minimum Gasteiger partial charge on any atom is -0.502 e. The van der Waals surface area contributed by atoms with Crippen molar-refractivity contribution in [1.29, 1.82) is 0 Å². The van der Waals surface area contributed by atoms with Crippen molar-refractivity contribution in [1.82, 2.24) is 0 Å². The van der Waals surface area contributed by atoms with Crippen LogP contribution in [0.1, 0.15) is 405 Å². The van der Waals surface area contributed by atoms with E-state index in [1.165, 1.54) is 135 Å². The van der Waals surface area contributed by atoms with E-state index in [1.54, 1.807) is 0 Å². The van der Waals surface area contributed by atoms with E-state index in [0.29, 0.717) is 94.7 Å². The van der Waals surface area contributed by atoms with Gasteiger partial charge in [-0.3, -0.25) is 0 Å². The zero-order chi connectivity index (χ0) is 85.2. The Morgan fingerprint density at radius 2 is 0.263 bits per heavy atom. The van der Waals surface area contributed by atoms with Gasteiger partial charge < -0.3 is 39.2 Å². The molecule has 8 aromatic carbocycles. The molecule has 0 unspecified atom stereocenters. The monoisotopic (exact) mass is 1770 g/mol. The van der Waals surface area contributed by atoms with E-state index in [9.17, 15) is 0 Å². The third-order valence-electron chi connectivity index (χ3n) is 23.9. The molecule has 0 aliphatic carbocycles. The largest absolute Gasteiger partial charge is 2.00 e. The second kappa shape index (κ2) is 43.6. The van der Waals surface area contributed by atoms with Crippen molar-refractivity contribution in [2.24, 2.45) is 0 Å². The standard InChI is InChI=1S/2C27H39N2.2C27H37N2.2Pd/c4*1-18(2)22-11-9-12-23(19(3)4)26(22)28-15-16-29(17-28)27-24(20(5)6)13-10-14-25(27)21(7)8;;/h2*9-14,17-21H,15-16H2,1-8H3;2*9-21H,1-8H3;;/q4*-1;2*+2. The summed E-state index contributed by atoms with van der Waals surface area (Å²) >= 11 is 0. The first-order valence-corrected chi connectivity index (χ1v) is 44.9. The van der Waals surface area contributed by atoms with E-state index in [1.807, 2.05) is 0 Å². The van der Waals surface area contributed by atoms with Crippen LogP contribution in [0.15, 0.2) is 170 Å². The summed E-state index contributed by atoms with van der Waals surface area (Å²) in [4.78, 5) is 19.3. The predicted octanol–water partition coefficient (Wildman–Crippen LogP) is 31.4. The molecule has 4 aliphatic rings. The summed E-state index contributed by atoms with van der Waals surface area (Å²) in [5.74, 6) is 7.96. The molecule has 8 aromatic rings. The summed E-state index contributed by atoms with van der Waals surface area (Å²) < 4.78 is 0. The molecule has 10 heteroatoms. The first-order valence-electron chi connectivity index (χ1n) is 44.9. The van der Waals surface area contributed by atoms with E-state index in [-0.39, 0.29) is 40.8 Å². The molecule has 8 nitrogen and oxygen atoms in total. The molecular formula is C108H152N8Pd2. The first-order chi connectivity index (χ1) is 54.9. The van der Waals surface area contributed by atoms with Crippen molar-refractivity contribution in [2.45, 2.75) is 316 Å². The first kappa shape index (κ1) is 98.1. The zero-order valence-electron chi connectivity index (χ0n) is 78.8. The summed E-state index contributed by atoms with van der Waals surface area (Å²) in [6.45, 7) is 86.9. The fourth-order valence-electron chi connectivity index (χ4n) is 17.5. The Morgan fingerprint density at radius 3 is 0.364 bits per heavy atom. The molecule has 0 saturated carbocycles. The molecule has 2 fully saturated rings. The Balaban J connectivity index is 0.000000216. The molecule has 0 atom stereocenters. The van der Waals surface area contributed by atoms with Crippen LogP contribution in [0, 0.1) is 26.7 Å². The molecule has 0 radical (unpaired) electrons. The van der Waals surface area contributed by atoms with Gasteiger partial charge in [0.05, 0.1) is 0 Å². The second-order valence-electron chi connectivity index (χ2n) is 38.2. The van der Waals surface area contributed by atoms with Crippen molar-refractivity contribution >= 4 is 45.5 Å². The molecule has 0 spiro atoms. The topological polar surface area (TPSA) is 25.9 Å². The van der Waals surface area contributed by atoms with Crippen molar-refractivity contribution in [3.63, 3.8) is 0 Å². The van der Waals surface area contributed by atoms with E-state index < -0.39 is 0 Å². The second-order valence-corrected chi connectivity index (χ2v) is 38.2. The van der Waals surface area contributed by atoms with Crippen LogP contribution >= 0.6 is 0 Å². The Kier molecular flexibility index (Phi) is 36.3. The average Bonchev–Trinajstić information content (AvgIpc) is 1.61. The summed E-state index contributed by atoms with van der Waals surface area (Å²) in [5, 5.41) is 0. The SMILES string of the molecule is CC(C)c1cccc(C(C)C)c1N1C=CN(c2c(C(C)C)cccc2C(C)C)[CH-]1.CC(C)c1cccc(C(C)C)c1N1C=CN(c2c(C(C)C)cccc2C(C)C)[CH-]1.CC(C)c1cccc(C(C)C)c1N1[CH-]N(c2c(C(C)C)cccc2C(C)C)CC1.CC(C)c1cccc(C(C)C)c1N1[CH-]N(c2c(C(C)C)cccc2C(C)C)CC1.[Pd+2].[Pd+2]. The third-order valence-corrected chi connectivity index (χ3v) is 23.9. The number of hydrogen-bond donors (Lipinski definition) is 0. The van der Waals surface area contributed by atoms with Crippen LogP contribution in [-0.2, 0) is 40.8 Å². The van der Waals surface area contributed by atoms with E-state index in [4.69, 9.17) is 0 Å². The Morgan fingerprint density at radius 1 is 0.161 bits per heavy atom. The molecule has 2 saturated heterocycles. The van der Waals surface area contributed by atoms with Crippen LogP contribution in [0.3, 0.4) is 0 Å². The van der Waals surface area contributed by atoms with Crippen LogP contribution in [0.5, 0.6) is 0 Å². The molecule has 12 rings (SSSR count). The molecule has 4 heterocycles. The quantitative estimate of drug-likeness (QED) is 0.0436. The summed E-state index contributed by atoms with van der Waals surface area (Å²) in [6.07, 6.45) is 8.87. The van der Waals surface area contributed by atoms with Gasteiger partial charge in [0.2, 0.25) is 0 Å². The summed E-state index contributed by atoms with van der Waals surface area (Å²) in [7, 11) is 0. The molecule has 0 amide bonds. The molecular weight excluding hydrogens is 1620 g/mol. The number of anilines is 8. The maximum Gasteiger partial charge on any atom is 2.00 e. The summed E-state index contributed by atoms with van der Waals surface area (Å²) in [5.41, 5.74) is 33.9. The molecule has 644 valence electrons. The van der Waals surface area contributed by atoms with Crippen LogP contribution in [0.25, 0.3) is 0 Å².